The quantitative estimate of drug-likeness (QED) is 0.899. The van der Waals surface area contributed by atoms with Gasteiger partial charge in [-0.3, -0.25) is 0 Å². The summed E-state index contributed by atoms with van der Waals surface area (Å²) in [7, 11) is -2.45. The van der Waals surface area contributed by atoms with Gasteiger partial charge in [-0.2, -0.15) is 0 Å². The van der Waals surface area contributed by atoms with E-state index in [1.807, 2.05) is 0 Å². The second-order valence-corrected chi connectivity index (χ2v) is 6.47. The van der Waals surface area contributed by atoms with E-state index in [0.717, 1.165) is 18.9 Å². The van der Waals surface area contributed by atoms with Crippen LogP contribution >= 0.6 is 0 Å². The molecular weight excluding hydrogens is 285 g/mol. The van der Waals surface area contributed by atoms with Crippen molar-refractivity contribution in [1.82, 2.24) is 4.72 Å². The number of sulfonamides is 1. The summed E-state index contributed by atoms with van der Waals surface area (Å²) in [6.45, 7) is 2.39. The van der Waals surface area contributed by atoms with Gasteiger partial charge in [-0.15, -0.1) is 0 Å². The molecule has 1 fully saturated rings. The molecule has 1 heterocycles. The highest BCUT2D eigenvalue weighted by molar-refractivity contribution is 7.89. The van der Waals surface area contributed by atoms with Crippen LogP contribution in [0.3, 0.4) is 0 Å². The summed E-state index contributed by atoms with van der Waals surface area (Å²) in [6.07, 6.45) is 1.61. The zero-order valence-electron chi connectivity index (χ0n) is 11.4. The van der Waals surface area contributed by atoms with Crippen molar-refractivity contribution in [2.24, 2.45) is 0 Å². The topological polar surface area (TPSA) is 64.6 Å². The Labute approximate surface area is 118 Å². The standard InChI is InChI=1S/C13H18FNO4S/c1-9(12-4-3-7-19-12)15-20(16,17)10-5-6-13(18-2)11(14)8-10/h5-6,8-9,12,15H,3-4,7H2,1-2H3. The monoisotopic (exact) mass is 303 g/mol. The van der Waals surface area contributed by atoms with Gasteiger partial charge in [0.1, 0.15) is 0 Å². The molecule has 0 amide bonds. The summed E-state index contributed by atoms with van der Waals surface area (Å²) in [5.74, 6) is -0.698. The molecule has 1 saturated heterocycles. The van der Waals surface area contributed by atoms with E-state index < -0.39 is 15.8 Å². The lowest BCUT2D eigenvalue weighted by Crippen LogP contribution is -2.40. The van der Waals surface area contributed by atoms with E-state index in [1.54, 1.807) is 6.92 Å². The molecule has 0 radical (unpaired) electrons. The third kappa shape index (κ3) is 3.28. The normalized spacial score (nSPS) is 20.9. The number of benzene rings is 1. The van der Waals surface area contributed by atoms with Crippen LogP contribution in [0.25, 0.3) is 0 Å². The van der Waals surface area contributed by atoms with E-state index in [2.05, 4.69) is 4.72 Å². The summed E-state index contributed by atoms with van der Waals surface area (Å²) >= 11 is 0. The first kappa shape index (κ1) is 15.2. The molecule has 0 aliphatic carbocycles. The van der Waals surface area contributed by atoms with Gasteiger partial charge in [-0.25, -0.2) is 17.5 Å². The minimum absolute atomic E-state index is 0.0103. The molecule has 1 aromatic rings. The van der Waals surface area contributed by atoms with Crippen LogP contribution in [0.15, 0.2) is 23.1 Å². The predicted molar refractivity (Wildman–Crippen MR) is 71.7 cm³/mol. The van der Waals surface area contributed by atoms with Gasteiger partial charge in [0.25, 0.3) is 0 Å². The summed E-state index contributed by atoms with van der Waals surface area (Å²) in [4.78, 5) is -0.124. The fraction of sp³-hybridized carbons (Fsp3) is 0.538. The van der Waals surface area contributed by atoms with Crippen molar-refractivity contribution >= 4 is 10.0 Å². The van der Waals surface area contributed by atoms with Crippen LogP contribution in [-0.4, -0.2) is 34.3 Å². The predicted octanol–water partition coefficient (Wildman–Crippen LogP) is 1.68. The molecule has 1 aromatic carbocycles. The molecule has 0 aromatic heterocycles. The van der Waals surface area contributed by atoms with E-state index in [4.69, 9.17) is 9.47 Å². The van der Waals surface area contributed by atoms with Crippen LogP contribution in [0.4, 0.5) is 4.39 Å². The number of nitrogens with one attached hydrogen (secondary N) is 1. The van der Waals surface area contributed by atoms with Crippen molar-refractivity contribution in [2.45, 2.75) is 36.8 Å². The van der Waals surface area contributed by atoms with Crippen LogP contribution in [0.2, 0.25) is 0 Å². The molecular formula is C13H18FNO4S. The smallest absolute Gasteiger partial charge is 0.241 e. The highest BCUT2D eigenvalue weighted by atomic mass is 32.2. The molecule has 20 heavy (non-hydrogen) atoms. The van der Waals surface area contributed by atoms with E-state index in [9.17, 15) is 12.8 Å². The Bertz CT molecular complexity index is 570. The molecule has 1 aliphatic rings. The van der Waals surface area contributed by atoms with Crippen LogP contribution in [0.5, 0.6) is 5.75 Å². The molecule has 2 atom stereocenters. The Morgan fingerprint density at radius 2 is 2.25 bits per heavy atom. The molecule has 0 bridgehead atoms. The maximum Gasteiger partial charge on any atom is 0.241 e. The van der Waals surface area contributed by atoms with Gasteiger partial charge in [0, 0.05) is 12.6 Å². The van der Waals surface area contributed by atoms with E-state index in [0.29, 0.717) is 6.61 Å². The van der Waals surface area contributed by atoms with Crippen LogP contribution in [0.1, 0.15) is 19.8 Å². The Hall–Kier alpha value is -1.18. The fourth-order valence-electron chi connectivity index (χ4n) is 2.20. The van der Waals surface area contributed by atoms with E-state index in [-0.39, 0.29) is 22.8 Å². The summed E-state index contributed by atoms with van der Waals surface area (Å²) in [6, 6.07) is 3.20. The summed E-state index contributed by atoms with van der Waals surface area (Å²) in [5, 5.41) is 0. The van der Waals surface area contributed by atoms with Crippen molar-refractivity contribution in [3.63, 3.8) is 0 Å². The van der Waals surface area contributed by atoms with Gasteiger partial charge in [0.05, 0.1) is 18.1 Å². The summed E-state index contributed by atoms with van der Waals surface area (Å²) < 4.78 is 50.7. The maximum absolute atomic E-state index is 13.6. The van der Waals surface area contributed by atoms with Crippen LogP contribution < -0.4 is 9.46 Å². The number of hydrogen-bond acceptors (Lipinski definition) is 4. The second kappa shape index (κ2) is 6.07. The minimum atomic E-state index is -3.77. The van der Waals surface area contributed by atoms with Gasteiger partial charge >= 0.3 is 0 Å². The Balaban J connectivity index is 2.15. The lowest BCUT2D eigenvalue weighted by Gasteiger charge is -2.20. The highest BCUT2D eigenvalue weighted by Crippen LogP contribution is 2.22. The molecule has 1 N–H and O–H groups in total. The van der Waals surface area contributed by atoms with Crippen LogP contribution in [-0.2, 0) is 14.8 Å². The van der Waals surface area contributed by atoms with Crippen molar-refractivity contribution in [3.05, 3.63) is 24.0 Å². The molecule has 0 spiro atoms. The van der Waals surface area contributed by atoms with E-state index >= 15 is 0 Å². The van der Waals surface area contributed by atoms with Gasteiger partial charge < -0.3 is 9.47 Å². The minimum Gasteiger partial charge on any atom is -0.494 e. The van der Waals surface area contributed by atoms with Crippen molar-refractivity contribution in [1.29, 1.82) is 0 Å². The Morgan fingerprint density at radius 1 is 1.50 bits per heavy atom. The number of halogens is 1. The van der Waals surface area contributed by atoms with Gasteiger partial charge in [-0.05, 0) is 38.0 Å². The number of ether oxygens (including phenoxy) is 2. The molecule has 1 aliphatic heterocycles. The van der Waals surface area contributed by atoms with Crippen molar-refractivity contribution in [2.75, 3.05) is 13.7 Å². The van der Waals surface area contributed by atoms with Gasteiger partial charge in [0.15, 0.2) is 11.6 Å². The van der Waals surface area contributed by atoms with Crippen LogP contribution in [0, 0.1) is 5.82 Å². The number of hydrogen-bond donors (Lipinski definition) is 1. The summed E-state index contributed by atoms with van der Waals surface area (Å²) in [5.41, 5.74) is 0. The largest absolute Gasteiger partial charge is 0.494 e. The number of methoxy groups -OCH3 is 1. The second-order valence-electron chi connectivity index (χ2n) is 4.76. The molecule has 7 heteroatoms. The third-order valence-corrected chi connectivity index (χ3v) is 4.85. The average Bonchev–Trinajstić information content (AvgIpc) is 2.92. The van der Waals surface area contributed by atoms with Gasteiger partial charge in [0.2, 0.25) is 10.0 Å². The Morgan fingerprint density at radius 3 is 2.80 bits per heavy atom. The third-order valence-electron chi connectivity index (χ3n) is 3.30. The lowest BCUT2D eigenvalue weighted by molar-refractivity contribution is 0.0902. The first-order valence-electron chi connectivity index (χ1n) is 6.41. The van der Waals surface area contributed by atoms with E-state index in [1.165, 1.54) is 19.2 Å². The number of rotatable bonds is 5. The first-order chi connectivity index (χ1) is 9.44. The highest BCUT2D eigenvalue weighted by Gasteiger charge is 2.27. The molecule has 112 valence electrons. The first-order valence-corrected chi connectivity index (χ1v) is 7.90. The lowest BCUT2D eigenvalue weighted by atomic mass is 10.1. The molecule has 2 unspecified atom stereocenters. The average molecular weight is 303 g/mol. The molecule has 2 rings (SSSR count). The Kier molecular flexibility index (Phi) is 4.62. The fourth-order valence-corrected chi connectivity index (χ4v) is 3.48. The SMILES string of the molecule is COc1ccc(S(=O)(=O)NC(C)C2CCCO2)cc1F. The zero-order chi connectivity index (χ0) is 14.8. The maximum atomic E-state index is 13.6. The van der Waals surface area contributed by atoms with Crippen molar-refractivity contribution < 1.29 is 22.3 Å². The molecule has 0 saturated carbocycles. The molecule has 5 nitrogen and oxygen atoms in total. The zero-order valence-corrected chi connectivity index (χ0v) is 12.2. The van der Waals surface area contributed by atoms with Gasteiger partial charge in [-0.1, -0.05) is 0 Å². The van der Waals surface area contributed by atoms with Crippen molar-refractivity contribution in [3.8, 4) is 5.75 Å².